The van der Waals surface area contributed by atoms with Crippen LogP contribution in [0.4, 0.5) is 11.4 Å². The summed E-state index contributed by atoms with van der Waals surface area (Å²) in [6.07, 6.45) is -0.103. The molecule has 1 fully saturated rings. The van der Waals surface area contributed by atoms with Gasteiger partial charge in [0.05, 0.1) is 17.9 Å². The zero-order valence-corrected chi connectivity index (χ0v) is 24.7. The van der Waals surface area contributed by atoms with Crippen molar-refractivity contribution in [1.29, 1.82) is 0 Å². The van der Waals surface area contributed by atoms with Gasteiger partial charge in [-0.3, -0.25) is 19.4 Å². The Balaban J connectivity index is 0.987. The Bertz CT molecular complexity index is 1670. The number of para-hydroxylation sites is 2. The highest BCUT2D eigenvalue weighted by atomic mass is 32.2. The first kappa shape index (κ1) is 28.0. The second-order valence-electron chi connectivity index (χ2n) is 10.7. The molecule has 3 aromatic rings. The van der Waals surface area contributed by atoms with Crippen molar-refractivity contribution in [3.05, 3.63) is 83.9 Å². The fraction of sp³-hybridized carbons (Fsp3) is 0.281. The van der Waals surface area contributed by atoms with E-state index in [2.05, 4.69) is 27.3 Å². The predicted molar refractivity (Wildman–Crippen MR) is 167 cm³/mol. The molecular weight excluding hydrogens is 580 g/mol. The van der Waals surface area contributed by atoms with Crippen molar-refractivity contribution in [2.75, 3.05) is 43.6 Å². The highest BCUT2D eigenvalue weighted by Gasteiger charge is 2.42. The van der Waals surface area contributed by atoms with Crippen LogP contribution in [0.3, 0.4) is 0 Å². The van der Waals surface area contributed by atoms with Crippen molar-refractivity contribution in [1.82, 2.24) is 15.1 Å². The van der Waals surface area contributed by atoms with Gasteiger partial charge in [0.2, 0.25) is 18.6 Å². The Kier molecular flexibility index (Phi) is 7.65. The van der Waals surface area contributed by atoms with Crippen LogP contribution in [-0.4, -0.2) is 83.3 Å². The number of nitrogens with zero attached hydrogens (tertiary/aromatic N) is 5. The van der Waals surface area contributed by atoms with Gasteiger partial charge in [0, 0.05) is 44.0 Å². The van der Waals surface area contributed by atoms with E-state index in [1.165, 1.54) is 16.7 Å². The molecular formula is C32H30N6O5S. The first-order valence-corrected chi connectivity index (χ1v) is 15.5. The molecule has 44 heavy (non-hydrogen) atoms. The third-order valence-corrected chi connectivity index (χ3v) is 8.85. The lowest BCUT2D eigenvalue weighted by Crippen LogP contribution is -2.49. The zero-order chi connectivity index (χ0) is 30.0. The number of ether oxygens (including phenoxy) is 2. The number of benzene rings is 3. The number of anilines is 1. The number of carbonyl (C=O) groups excluding carboxylic acids is 3. The third-order valence-electron chi connectivity index (χ3n) is 7.93. The van der Waals surface area contributed by atoms with E-state index >= 15 is 0 Å². The van der Waals surface area contributed by atoms with Crippen LogP contribution >= 0.6 is 11.8 Å². The van der Waals surface area contributed by atoms with E-state index < -0.39 is 6.04 Å². The summed E-state index contributed by atoms with van der Waals surface area (Å²) in [5, 5.41) is 3.27. The Hall–Kier alpha value is -4.84. The predicted octanol–water partition coefficient (Wildman–Crippen LogP) is 3.16. The summed E-state index contributed by atoms with van der Waals surface area (Å²) >= 11 is 1.23. The molecule has 12 heteroatoms. The lowest BCUT2D eigenvalue weighted by molar-refractivity contribution is -0.129. The van der Waals surface area contributed by atoms with Crippen molar-refractivity contribution in [3.63, 3.8) is 0 Å². The molecule has 0 radical (unpaired) electrons. The fourth-order valence-electron chi connectivity index (χ4n) is 5.60. The van der Waals surface area contributed by atoms with E-state index in [1.54, 1.807) is 6.07 Å². The van der Waals surface area contributed by atoms with E-state index in [0.29, 0.717) is 41.3 Å². The van der Waals surface area contributed by atoms with Crippen LogP contribution in [0.5, 0.6) is 11.5 Å². The van der Waals surface area contributed by atoms with Gasteiger partial charge in [0.15, 0.2) is 16.7 Å². The number of piperazine rings is 1. The van der Waals surface area contributed by atoms with Gasteiger partial charge in [-0.1, -0.05) is 48.2 Å². The number of hydrogen-bond acceptors (Lipinski definition) is 9. The molecule has 0 bridgehead atoms. The minimum absolute atomic E-state index is 0.00569. The van der Waals surface area contributed by atoms with Crippen LogP contribution in [0, 0.1) is 0 Å². The van der Waals surface area contributed by atoms with E-state index in [0.717, 1.165) is 29.9 Å². The largest absolute Gasteiger partial charge is 0.454 e. The number of hydrogen-bond donors (Lipinski definition) is 1. The van der Waals surface area contributed by atoms with Crippen LogP contribution < -0.4 is 19.7 Å². The van der Waals surface area contributed by atoms with Gasteiger partial charge in [-0.15, -0.1) is 0 Å². The van der Waals surface area contributed by atoms with Crippen molar-refractivity contribution in [2.45, 2.75) is 19.0 Å². The first-order valence-electron chi connectivity index (χ1n) is 14.5. The normalized spacial score (nSPS) is 18.4. The lowest BCUT2D eigenvalue weighted by atomic mass is 10.1. The van der Waals surface area contributed by atoms with Gasteiger partial charge < -0.3 is 24.6 Å². The van der Waals surface area contributed by atoms with Gasteiger partial charge in [0.1, 0.15) is 11.9 Å². The number of fused-ring (bicyclic) bond motifs is 4. The van der Waals surface area contributed by atoms with Gasteiger partial charge >= 0.3 is 0 Å². The topological polar surface area (TPSA) is 116 Å². The number of carbonyl (C=O) groups is 3. The SMILES string of the molecule is O=C(C[C@@H]1N=C2c3ccccc3N=C(SCC(=O)N3CCN(c4ccccc4)CC3)N2C1=O)NCc1ccc2c(c1)OCO2. The van der Waals surface area contributed by atoms with Crippen molar-refractivity contribution >= 4 is 51.9 Å². The summed E-state index contributed by atoms with van der Waals surface area (Å²) in [5.74, 6) is 1.28. The maximum atomic E-state index is 13.6. The lowest BCUT2D eigenvalue weighted by Gasteiger charge is -2.36. The maximum absolute atomic E-state index is 13.6. The number of aliphatic imine (C=N–C) groups is 2. The molecule has 0 aliphatic carbocycles. The summed E-state index contributed by atoms with van der Waals surface area (Å²) in [4.78, 5) is 54.7. The first-order chi connectivity index (χ1) is 21.5. The van der Waals surface area contributed by atoms with Crippen LogP contribution in [0.25, 0.3) is 0 Å². The van der Waals surface area contributed by atoms with Crippen molar-refractivity contribution in [2.24, 2.45) is 9.98 Å². The number of nitrogens with one attached hydrogen (secondary N) is 1. The molecule has 3 aromatic carbocycles. The number of amidine groups is 2. The van der Waals surface area contributed by atoms with Crippen molar-refractivity contribution in [3.8, 4) is 11.5 Å². The molecule has 0 unspecified atom stereocenters. The van der Waals surface area contributed by atoms with Gasteiger partial charge in [-0.25, -0.2) is 9.89 Å². The second kappa shape index (κ2) is 12.0. The Labute approximate surface area is 258 Å². The minimum Gasteiger partial charge on any atom is -0.454 e. The minimum atomic E-state index is -0.888. The summed E-state index contributed by atoms with van der Waals surface area (Å²) < 4.78 is 10.7. The van der Waals surface area contributed by atoms with Gasteiger partial charge in [0.25, 0.3) is 5.91 Å². The van der Waals surface area contributed by atoms with Gasteiger partial charge in [-0.2, -0.15) is 0 Å². The molecule has 1 N–H and O–H groups in total. The average molecular weight is 611 g/mol. The molecule has 7 rings (SSSR count). The standard InChI is InChI=1S/C32H30N6O5S/c39-28(33-18-21-10-11-26-27(16-21)43-20-42-26)17-25-31(41)38-30(34-25)23-8-4-5-9-24(23)35-32(38)44-19-29(40)37-14-12-36(13-15-37)22-6-2-1-3-7-22/h1-11,16,25H,12-15,17-20H2,(H,33,39)/t25-/m0/s1. The average Bonchev–Trinajstić information content (AvgIpc) is 3.67. The third kappa shape index (κ3) is 5.60. The van der Waals surface area contributed by atoms with E-state index in [1.807, 2.05) is 59.5 Å². The molecule has 224 valence electrons. The molecule has 0 saturated carbocycles. The molecule has 4 heterocycles. The van der Waals surface area contributed by atoms with Gasteiger partial charge in [-0.05, 0) is 42.0 Å². The number of rotatable bonds is 7. The number of amides is 3. The van der Waals surface area contributed by atoms with Crippen molar-refractivity contribution < 1.29 is 23.9 Å². The Morgan fingerprint density at radius 2 is 1.70 bits per heavy atom. The monoisotopic (exact) mass is 610 g/mol. The summed E-state index contributed by atoms with van der Waals surface area (Å²) in [7, 11) is 0. The molecule has 0 aromatic heterocycles. The van der Waals surface area contributed by atoms with Crippen LogP contribution in [-0.2, 0) is 20.9 Å². The Morgan fingerprint density at radius 3 is 2.55 bits per heavy atom. The Morgan fingerprint density at radius 1 is 0.932 bits per heavy atom. The second-order valence-corrected chi connectivity index (χ2v) is 11.7. The fourth-order valence-corrected chi connectivity index (χ4v) is 6.51. The maximum Gasteiger partial charge on any atom is 0.259 e. The highest BCUT2D eigenvalue weighted by Crippen LogP contribution is 2.35. The summed E-state index contributed by atoms with van der Waals surface area (Å²) in [6, 6.07) is 22.2. The molecule has 1 saturated heterocycles. The number of thioether (sulfide) groups is 1. The molecule has 4 aliphatic heterocycles. The summed E-state index contributed by atoms with van der Waals surface area (Å²) in [5.41, 5.74) is 3.40. The highest BCUT2D eigenvalue weighted by molar-refractivity contribution is 8.14. The van der Waals surface area contributed by atoms with E-state index in [9.17, 15) is 14.4 Å². The summed E-state index contributed by atoms with van der Waals surface area (Å²) in [6.45, 7) is 3.23. The molecule has 0 spiro atoms. The van der Waals surface area contributed by atoms with Crippen LogP contribution in [0.2, 0.25) is 0 Å². The van der Waals surface area contributed by atoms with Crippen LogP contribution in [0.1, 0.15) is 17.5 Å². The molecule has 11 nitrogen and oxygen atoms in total. The van der Waals surface area contributed by atoms with E-state index in [4.69, 9.17) is 14.5 Å². The zero-order valence-electron chi connectivity index (χ0n) is 23.8. The molecule has 4 aliphatic rings. The molecule has 1 atom stereocenters. The smallest absolute Gasteiger partial charge is 0.259 e. The quantitative estimate of drug-likeness (QED) is 0.437. The van der Waals surface area contributed by atoms with E-state index in [-0.39, 0.29) is 43.2 Å². The van der Waals surface area contributed by atoms with Crippen LogP contribution in [0.15, 0.2) is 82.8 Å². The molecule has 3 amide bonds.